The lowest BCUT2D eigenvalue weighted by molar-refractivity contribution is -0.121. The number of piperazine rings is 1. The summed E-state index contributed by atoms with van der Waals surface area (Å²) in [7, 11) is 0. The molecule has 0 bridgehead atoms. The van der Waals surface area contributed by atoms with Crippen LogP contribution in [0.1, 0.15) is 5.56 Å². The fourth-order valence-corrected chi connectivity index (χ4v) is 2.30. The van der Waals surface area contributed by atoms with Gasteiger partial charge in [-0.3, -0.25) is 4.79 Å². The lowest BCUT2D eigenvalue weighted by atomic mass is 10.1. The van der Waals surface area contributed by atoms with Gasteiger partial charge in [-0.05, 0) is 24.6 Å². The van der Waals surface area contributed by atoms with Gasteiger partial charge in [-0.1, -0.05) is 22.0 Å². The van der Waals surface area contributed by atoms with Gasteiger partial charge in [0.05, 0.1) is 12.6 Å². The Kier molecular flexibility index (Phi) is 3.69. The van der Waals surface area contributed by atoms with E-state index in [9.17, 15) is 4.79 Å². The molecule has 1 fully saturated rings. The molecule has 1 aromatic rings. The molecule has 0 aliphatic carbocycles. The van der Waals surface area contributed by atoms with E-state index in [-0.39, 0.29) is 11.9 Å². The molecule has 1 atom stereocenters. The number of nitrogens with one attached hydrogen (secondary N) is 1. The number of nitrogens with zero attached hydrogens (tertiary/aromatic N) is 1. The molecule has 5 heteroatoms. The van der Waals surface area contributed by atoms with Crippen molar-refractivity contribution >= 4 is 27.5 Å². The Labute approximate surface area is 109 Å². The van der Waals surface area contributed by atoms with Gasteiger partial charge < -0.3 is 16.0 Å². The molecule has 4 nitrogen and oxygen atoms in total. The molecule has 1 heterocycles. The molecule has 1 unspecified atom stereocenters. The number of carbonyl (C=O) groups is 1. The second kappa shape index (κ2) is 5.06. The molecule has 0 aromatic heterocycles. The molecule has 0 radical (unpaired) electrons. The minimum Gasteiger partial charge on any atom is -0.360 e. The summed E-state index contributed by atoms with van der Waals surface area (Å²) in [5.74, 6) is 0.0309. The number of benzene rings is 1. The van der Waals surface area contributed by atoms with Crippen LogP contribution in [0.2, 0.25) is 0 Å². The molecular weight excluding hydrogens is 282 g/mol. The lowest BCUT2D eigenvalue weighted by Gasteiger charge is -2.34. The lowest BCUT2D eigenvalue weighted by Crippen LogP contribution is -2.56. The Hall–Kier alpha value is -1.07. The van der Waals surface area contributed by atoms with E-state index in [2.05, 4.69) is 26.1 Å². The molecule has 3 N–H and O–H groups in total. The second-order valence-corrected chi connectivity index (χ2v) is 5.17. The third kappa shape index (κ3) is 2.79. The van der Waals surface area contributed by atoms with E-state index in [0.29, 0.717) is 13.1 Å². The summed E-state index contributed by atoms with van der Waals surface area (Å²) in [6.07, 6.45) is 0. The molecule has 0 saturated carbocycles. The Morgan fingerprint density at radius 2 is 2.35 bits per heavy atom. The van der Waals surface area contributed by atoms with Crippen LogP contribution in [-0.2, 0) is 4.79 Å². The fraction of sp³-hybridized carbons (Fsp3) is 0.417. The first kappa shape index (κ1) is 12.4. The first-order valence-electron chi connectivity index (χ1n) is 5.60. The van der Waals surface area contributed by atoms with E-state index < -0.39 is 0 Å². The van der Waals surface area contributed by atoms with Gasteiger partial charge in [0.25, 0.3) is 0 Å². The summed E-state index contributed by atoms with van der Waals surface area (Å²) in [5.41, 5.74) is 7.85. The third-order valence-electron chi connectivity index (χ3n) is 2.95. The Morgan fingerprint density at radius 3 is 3.00 bits per heavy atom. The highest BCUT2D eigenvalue weighted by molar-refractivity contribution is 9.10. The summed E-state index contributed by atoms with van der Waals surface area (Å²) in [4.78, 5) is 13.6. The predicted octanol–water partition coefficient (Wildman–Crippen LogP) is 1.02. The van der Waals surface area contributed by atoms with Crippen LogP contribution in [0.15, 0.2) is 22.7 Å². The number of hydrogen-bond donors (Lipinski definition) is 2. The number of aryl methyl sites for hydroxylation is 1. The highest BCUT2D eigenvalue weighted by atomic mass is 79.9. The smallest absolute Gasteiger partial charge is 0.239 e. The third-order valence-corrected chi connectivity index (χ3v) is 3.80. The molecular formula is C12H16BrN3O. The highest BCUT2D eigenvalue weighted by Gasteiger charge is 2.23. The first-order valence-corrected chi connectivity index (χ1v) is 6.40. The minimum atomic E-state index is 0.0309. The monoisotopic (exact) mass is 297 g/mol. The van der Waals surface area contributed by atoms with Crippen molar-refractivity contribution in [3.63, 3.8) is 0 Å². The summed E-state index contributed by atoms with van der Waals surface area (Å²) in [6.45, 7) is 3.67. The van der Waals surface area contributed by atoms with Crippen molar-refractivity contribution < 1.29 is 4.79 Å². The second-order valence-electron chi connectivity index (χ2n) is 4.31. The van der Waals surface area contributed by atoms with Crippen molar-refractivity contribution in [2.45, 2.75) is 13.0 Å². The normalized spacial score (nSPS) is 20.3. The fourth-order valence-electron chi connectivity index (χ4n) is 1.93. The molecule has 17 heavy (non-hydrogen) atoms. The number of rotatable bonds is 2. The van der Waals surface area contributed by atoms with Gasteiger partial charge in [0.2, 0.25) is 5.91 Å². The molecule has 2 rings (SSSR count). The molecule has 1 aliphatic heterocycles. The quantitative estimate of drug-likeness (QED) is 0.857. The average Bonchev–Trinajstić information content (AvgIpc) is 2.32. The van der Waals surface area contributed by atoms with Crippen molar-refractivity contribution in [2.75, 3.05) is 24.5 Å². The topological polar surface area (TPSA) is 58.4 Å². The summed E-state index contributed by atoms with van der Waals surface area (Å²) in [5, 5.41) is 2.87. The number of carbonyl (C=O) groups excluding carboxylic acids is 1. The predicted molar refractivity (Wildman–Crippen MR) is 72.1 cm³/mol. The van der Waals surface area contributed by atoms with Crippen molar-refractivity contribution in [3.05, 3.63) is 28.2 Å². The Bertz CT molecular complexity index is 436. The van der Waals surface area contributed by atoms with Gasteiger partial charge in [-0.2, -0.15) is 0 Å². The van der Waals surface area contributed by atoms with E-state index in [1.165, 1.54) is 5.56 Å². The summed E-state index contributed by atoms with van der Waals surface area (Å²) >= 11 is 3.51. The van der Waals surface area contributed by atoms with Crippen LogP contribution >= 0.6 is 15.9 Å². The van der Waals surface area contributed by atoms with Crippen molar-refractivity contribution in [2.24, 2.45) is 5.73 Å². The van der Waals surface area contributed by atoms with E-state index in [4.69, 9.17) is 5.73 Å². The van der Waals surface area contributed by atoms with Crippen molar-refractivity contribution in [3.8, 4) is 0 Å². The van der Waals surface area contributed by atoms with E-state index >= 15 is 0 Å². The summed E-state index contributed by atoms with van der Waals surface area (Å²) in [6, 6.07) is 6.16. The number of amides is 1. The van der Waals surface area contributed by atoms with Crippen LogP contribution in [0.25, 0.3) is 0 Å². The molecule has 0 spiro atoms. The maximum atomic E-state index is 11.5. The maximum absolute atomic E-state index is 11.5. The standard InChI is InChI=1S/C12H16BrN3O/c1-8-2-3-10(4-11(8)13)16-6-9(5-14)15-12(17)7-16/h2-4,9H,5-7,14H2,1H3,(H,15,17). The SMILES string of the molecule is Cc1ccc(N2CC(=O)NC(CN)C2)cc1Br. The summed E-state index contributed by atoms with van der Waals surface area (Å²) < 4.78 is 1.06. The van der Waals surface area contributed by atoms with Gasteiger partial charge in [0.1, 0.15) is 0 Å². The maximum Gasteiger partial charge on any atom is 0.239 e. The first-order chi connectivity index (χ1) is 8.10. The molecule has 92 valence electrons. The van der Waals surface area contributed by atoms with Gasteiger partial charge in [-0.25, -0.2) is 0 Å². The van der Waals surface area contributed by atoms with Crippen LogP contribution in [0.5, 0.6) is 0 Å². The number of halogens is 1. The van der Waals surface area contributed by atoms with Gasteiger partial charge >= 0.3 is 0 Å². The highest BCUT2D eigenvalue weighted by Crippen LogP contribution is 2.24. The van der Waals surface area contributed by atoms with Gasteiger partial charge in [0, 0.05) is 23.2 Å². The zero-order valence-electron chi connectivity index (χ0n) is 9.74. The van der Waals surface area contributed by atoms with Gasteiger partial charge in [-0.15, -0.1) is 0 Å². The zero-order valence-corrected chi connectivity index (χ0v) is 11.3. The van der Waals surface area contributed by atoms with Crippen LogP contribution < -0.4 is 16.0 Å². The van der Waals surface area contributed by atoms with Crippen LogP contribution in [0.3, 0.4) is 0 Å². The van der Waals surface area contributed by atoms with Crippen LogP contribution in [-0.4, -0.2) is 31.6 Å². The molecule has 1 aromatic carbocycles. The Morgan fingerprint density at radius 1 is 1.59 bits per heavy atom. The van der Waals surface area contributed by atoms with E-state index in [1.807, 2.05) is 25.1 Å². The Balaban J connectivity index is 2.20. The van der Waals surface area contributed by atoms with E-state index in [0.717, 1.165) is 16.7 Å². The van der Waals surface area contributed by atoms with E-state index in [1.54, 1.807) is 0 Å². The van der Waals surface area contributed by atoms with Gasteiger partial charge in [0.15, 0.2) is 0 Å². The molecule has 1 saturated heterocycles. The zero-order chi connectivity index (χ0) is 12.4. The number of anilines is 1. The van der Waals surface area contributed by atoms with Crippen molar-refractivity contribution in [1.29, 1.82) is 0 Å². The largest absolute Gasteiger partial charge is 0.360 e. The number of hydrogen-bond acceptors (Lipinski definition) is 3. The molecule has 1 amide bonds. The number of nitrogens with two attached hydrogens (primary N) is 1. The average molecular weight is 298 g/mol. The molecule has 1 aliphatic rings. The van der Waals surface area contributed by atoms with Crippen LogP contribution in [0.4, 0.5) is 5.69 Å². The van der Waals surface area contributed by atoms with Crippen LogP contribution in [0, 0.1) is 6.92 Å². The van der Waals surface area contributed by atoms with Crippen molar-refractivity contribution in [1.82, 2.24) is 5.32 Å². The minimum absolute atomic E-state index is 0.0309.